The highest BCUT2D eigenvalue weighted by atomic mass is 79.9. The van der Waals surface area contributed by atoms with Crippen molar-refractivity contribution in [2.45, 2.75) is 6.92 Å². The van der Waals surface area contributed by atoms with Gasteiger partial charge in [-0.1, -0.05) is 33.5 Å². The second kappa shape index (κ2) is 3.93. The maximum absolute atomic E-state index is 13.1. The van der Waals surface area contributed by atoms with Crippen LogP contribution in [0.4, 0.5) is 4.39 Å². The molecule has 0 atom stereocenters. The third kappa shape index (κ3) is 2.00. The Morgan fingerprint density at radius 2 is 2.17 bits per heavy atom. The van der Waals surface area contributed by atoms with E-state index in [1.165, 1.54) is 6.07 Å². The molecule has 62 valence electrons. The first-order valence-corrected chi connectivity index (χ1v) is 4.39. The van der Waals surface area contributed by atoms with Gasteiger partial charge >= 0.3 is 0 Å². The van der Waals surface area contributed by atoms with Crippen molar-refractivity contribution in [1.29, 1.82) is 0 Å². The number of rotatable bonds is 0. The summed E-state index contributed by atoms with van der Waals surface area (Å²) >= 11 is 8.87. The van der Waals surface area contributed by atoms with Crippen molar-refractivity contribution in [1.82, 2.24) is 0 Å². The number of halogens is 3. The average Bonchev–Trinajstić information content (AvgIpc) is 1.96. The average molecular weight is 247 g/mol. The second-order valence-electron chi connectivity index (χ2n) is 2.12. The summed E-state index contributed by atoms with van der Waals surface area (Å²) < 4.78 is 13.7. The molecule has 0 saturated heterocycles. The zero-order valence-corrected chi connectivity index (χ0v) is 8.63. The van der Waals surface area contributed by atoms with Crippen molar-refractivity contribution in [3.8, 4) is 11.8 Å². The number of hydrogen-bond donors (Lipinski definition) is 0. The minimum absolute atomic E-state index is 0.252. The fourth-order valence-corrected chi connectivity index (χ4v) is 1.60. The van der Waals surface area contributed by atoms with E-state index in [0.717, 1.165) is 0 Å². The Balaban J connectivity index is 3.34. The molecule has 3 heteroatoms. The zero-order chi connectivity index (χ0) is 9.14. The Kier molecular flexibility index (Phi) is 3.13. The van der Waals surface area contributed by atoms with Crippen LogP contribution < -0.4 is 0 Å². The molecule has 1 aromatic carbocycles. The maximum Gasteiger partial charge on any atom is 0.141 e. The summed E-state index contributed by atoms with van der Waals surface area (Å²) in [4.78, 5) is 0. The van der Waals surface area contributed by atoms with Gasteiger partial charge in [-0.25, -0.2) is 4.39 Å². The fourth-order valence-electron chi connectivity index (χ4n) is 0.787. The molecule has 0 N–H and O–H groups in total. The van der Waals surface area contributed by atoms with Crippen LogP contribution >= 0.6 is 27.5 Å². The predicted molar refractivity (Wildman–Crippen MR) is 51.7 cm³/mol. The van der Waals surface area contributed by atoms with Gasteiger partial charge in [-0.3, -0.25) is 0 Å². The molecule has 0 aromatic heterocycles. The lowest BCUT2D eigenvalue weighted by molar-refractivity contribution is 0.623. The van der Waals surface area contributed by atoms with Gasteiger partial charge in [0.15, 0.2) is 0 Å². The van der Waals surface area contributed by atoms with Crippen molar-refractivity contribution in [2.75, 3.05) is 0 Å². The Morgan fingerprint density at radius 3 is 2.67 bits per heavy atom. The van der Waals surface area contributed by atoms with E-state index in [9.17, 15) is 4.39 Å². The van der Waals surface area contributed by atoms with Gasteiger partial charge < -0.3 is 0 Å². The van der Waals surface area contributed by atoms with Crippen molar-refractivity contribution in [3.63, 3.8) is 0 Å². The summed E-state index contributed by atoms with van der Waals surface area (Å²) in [5.74, 6) is 4.79. The molecule has 0 bridgehead atoms. The Hall–Kier alpha value is -0.520. The molecule has 0 nitrogen and oxygen atoms in total. The van der Waals surface area contributed by atoms with Crippen LogP contribution in [0.25, 0.3) is 0 Å². The highest BCUT2D eigenvalue weighted by molar-refractivity contribution is 9.10. The van der Waals surface area contributed by atoms with E-state index >= 15 is 0 Å². The molecule has 0 spiro atoms. The van der Waals surface area contributed by atoms with Gasteiger partial charge in [-0.2, -0.15) is 0 Å². The van der Waals surface area contributed by atoms with Gasteiger partial charge in [0.05, 0.1) is 10.6 Å². The molecule has 0 fully saturated rings. The third-order valence-electron chi connectivity index (χ3n) is 1.26. The molecule has 0 radical (unpaired) electrons. The van der Waals surface area contributed by atoms with Gasteiger partial charge in [0.2, 0.25) is 0 Å². The largest absolute Gasteiger partial charge is 0.206 e. The Labute approximate surface area is 83.9 Å². The number of benzene rings is 1. The van der Waals surface area contributed by atoms with Crippen LogP contribution in [0.5, 0.6) is 0 Å². The minimum atomic E-state index is -0.399. The fraction of sp³-hybridized carbons (Fsp3) is 0.111. The summed E-state index contributed by atoms with van der Waals surface area (Å²) in [6, 6.07) is 2.95. The summed E-state index contributed by atoms with van der Waals surface area (Å²) in [7, 11) is 0. The molecule has 0 saturated carbocycles. The minimum Gasteiger partial charge on any atom is -0.206 e. The summed E-state index contributed by atoms with van der Waals surface area (Å²) in [5, 5.41) is 0.330. The van der Waals surface area contributed by atoms with Gasteiger partial charge in [0, 0.05) is 4.47 Å². The molecule has 0 aliphatic rings. The molecule has 0 aliphatic carbocycles. The predicted octanol–water partition coefficient (Wildman–Crippen LogP) is 3.61. The first-order valence-electron chi connectivity index (χ1n) is 3.22. The first-order chi connectivity index (χ1) is 5.65. The van der Waals surface area contributed by atoms with Gasteiger partial charge in [0.1, 0.15) is 5.82 Å². The van der Waals surface area contributed by atoms with Crippen molar-refractivity contribution in [3.05, 3.63) is 33.0 Å². The smallest absolute Gasteiger partial charge is 0.141 e. The van der Waals surface area contributed by atoms with Crippen LogP contribution in [-0.2, 0) is 0 Å². The molecule has 0 amide bonds. The lowest BCUT2D eigenvalue weighted by Gasteiger charge is -1.98. The van der Waals surface area contributed by atoms with Crippen LogP contribution in [0, 0.1) is 17.7 Å². The van der Waals surface area contributed by atoms with E-state index in [4.69, 9.17) is 11.6 Å². The highest BCUT2D eigenvalue weighted by Crippen LogP contribution is 2.23. The van der Waals surface area contributed by atoms with Crippen molar-refractivity contribution < 1.29 is 4.39 Å². The van der Waals surface area contributed by atoms with Crippen LogP contribution in [-0.4, -0.2) is 0 Å². The molecule has 1 aromatic rings. The van der Waals surface area contributed by atoms with E-state index in [-0.39, 0.29) is 5.56 Å². The first kappa shape index (κ1) is 9.57. The lowest BCUT2D eigenvalue weighted by Crippen LogP contribution is -1.85. The maximum atomic E-state index is 13.1. The molecular formula is C9H5BrClF. The van der Waals surface area contributed by atoms with Gasteiger partial charge in [-0.15, -0.1) is 5.92 Å². The zero-order valence-electron chi connectivity index (χ0n) is 6.29. The SMILES string of the molecule is CC#Cc1c(F)cc(Br)cc1Cl. The van der Waals surface area contributed by atoms with Gasteiger partial charge in [-0.05, 0) is 19.1 Å². The Bertz CT molecular complexity index is 340. The van der Waals surface area contributed by atoms with Crippen molar-refractivity contribution in [2.24, 2.45) is 0 Å². The van der Waals surface area contributed by atoms with Crippen LogP contribution in [0.3, 0.4) is 0 Å². The lowest BCUT2D eigenvalue weighted by atomic mass is 10.2. The molecule has 12 heavy (non-hydrogen) atoms. The van der Waals surface area contributed by atoms with E-state index in [1.54, 1.807) is 13.0 Å². The van der Waals surface area contributed by atoms with E-state index in [1.807, 2.05) is 0 Å². The number of hydrogen-bond acceptors (Lipinski definition) is 0. The molecule has 1 rings (SSSR count). The van der Waals surface area contributed by atoms with Crippen molar-refractivity contribution >= 4 is 27.5 Å². The topological polar surface area (TPSA) is 0 Å². The molecule has 0 heterocycles. The van der Waals surface area contributed by atoms with E-state index in [2.05, 4.69) is 27.8 Å². The molecule has 0 aliphatic heterocycles. The summed E-state index contributed by atoms with van der Waals surface area (Å²) in [6.07, 6.45) is 0. The van der Waals surface area contributed by atoms with Crippen LogP contribution in [0.2, 0.25) is 5.02 Å². The molecule has 0 unspecified atom stereocenters. The monoisotopic (exact) mass is 246 g/mol. The quantitative estimate of drug-likeness (QED) is 0.614. The van der Waals surface area contributed by atoms with Gasteiger partial charge in [0.25, 0.3) is 0 Å². The van der Waals surface area contributed by atoms with Crippen LogP contribution in [0.1, 0.15) is 12.5 Å². The highest BCUT2D eigenvalue weighted by Gasteiger charge is 2.05. The summed E-state index contributed by atoms with van der Waals surface area (Å²) in [6.45, 7) is 1.64. The third-order valence-corrected chi connectivity index (χ3v) is 2.01. The second-order valence-corrected chi connectivity index (χ2v) is 3.44. The standard InChI is InChI=1S/C9H5BrClF/c1-2-3-7-8(11)4-6(10)5-9(7)12/h4-5H,1H3. The van der Waals surface area contributed by atoms with E-state index in [0.29, 0.717) is 9.50 Å². The molecular weight excluding hydrogens is 242 g/mol. The van der Waals surface area contributed by atoms with Crippen LogP contribution in [0.15, 0.2) is 16.6 Å². The summed E-state index contributed by atoms with van der Waals surface area (Å²) in [5.41, 5.74) is 0.252. The normalized spacial score (nSPS) is 9.00. The van der Waals surface area contributed by atoms with E-state index < -0.39 is 5.82 Å². The Morgan fingerprint density at radius 1 is 1.50 bits per heavy atom.